The first-order valence-electron chi connectivity index (χ1n) is 9.81. The zero-order valence-electron chi connectivity index (χ0n) is 16.0. The quantitative estimate of drug-likeness (QED) is 0.598. The lowest BCUT2D eigenvalue weighted by atomic mass is 9.49. The number of urea groups is 1. The van der Waals surface area contributed by atoms with E-state index >= 15 is 0 Å². The third kappa shape index (κ3) is 4.42. The van der Waals surface area contributed by atoms with Gasteiger partial charge in [0.2, 0.25) is 5.91 Å². The van der Waals surface area contributed by atoms with E-state index in [4.69, 9.17) is 4.74 Å². The molecule has 3 N–H and O–H groups in total. The zero-order chi connectivity index (χ0) is 19.6. The van der Waals surface area contributed by atoms with E-state index in [1.807, 2.05) is 5.32 Å². The number of amides is 4. The van der Waals surface area contributed by atoms with Gasteiger partial charge in [0.1, 0.15) is 0 Å². The summed E-state index contributed by atoms with van der Waals surface area (Å²) in [5.74, 6) is 0.852. The van der Waals surface area contributed by atoms with Crippen LogP contribution in [0.2, 0.25) is 0 Å². The number of carbonyl (C=O) groups is 4. The van der Waals surface area contributed by atoms with Crippen LogP contribution in [0.5, 0.6) is 0 Å². The maximum atomic E-state index is 12.8. The van der Waals surface area contributed by atoms with E-state index in [1.165, 1.54) is 33.2 Å². The molecule has 4 fully saturated rings. The summed E-state index contributed by atoms with van der Waals surface area (Å²) in [6.45, 7) is 1.59. The molecule has 1 atom stereocenters. The van der Waals surface area contributed by atoms with E-state index in [0.29, 0.717) is 17.8 Å². The Morgan fingerprint density at radius 3 is 2.11 bits per heavy atom. The number of imide groups is 1. The molecule has 0 aromatic carbocycles. The Bertz CT molecular complexity index is 598. The molecular weight excluding hydrogens is 350 g/mol. The molecule has 0 saturated heterocycles. The Hall–Kier alpha value is -2.12. The van der Waals surface area contributed by atoms with Crippen LogP contribution < -0.4 is 16.0 Å². The molecule has 8 heteroatoms. The standard InChI is InChI=1S/C19H29N3O5/c1-11(16(24)22-18(26)20-2)27-15(23)3-4-21-17(25)19-8-12-5-13(9-19)7-14(6-12)10-19/h11-14H,3-10H2,1-2H3,(H,21,25)(H2,20,22,24,26)/t11-,12?,13?,14?,19?/m0/s1. The zero-order valence-corrected chi connectivity index (χ0v) is 16.0. The lowest BCUT2D eigenvalue weighted by Crippen LogP contribution is -2.53. The Morgan fingerprint density at radius 1 is 1.04 bits per heavy atom. The first-order chi connectivity index (χ1) is 12.8. The Labute approximate surface area is 159 Å². The van der Waals surface area contributed by atoms with Gasteiger partial charge in [-0.15, -0.1) is 0 Å². The fraction of sp³-hybridized carbons (Fsp3) is 0.789. The van der Waals surface area contributed by atoms with Crippen molar-refractivity contribution in [2.24, 2.45) is 23.2 Å². The fourth-order valence-corrected chi connectivity index (χ4v) is 5.44. The predicted octanol–water partition coefficient (Wildman–Crippen LogP) is 1.10. The SMILES string of the molecule is CNC(=O)NC(=O)[C@H](C)OC(=O)CCNC(=O)C12CC3CC(CC(C3)C1)C2. The number of nitrogens with one attached hydrogen (secondary N) is 3. The molecule has 0 aromatic heterocycles. The van der Waals surface area contributed by atoms with E-state index in [2.05, 4.69) is 10.6 Å². The molecule has 0 spiro atoms. The molecule has 27 heavy (non-hydrogen) atoms. The highest BCUT2D eigenvalue weighted by molar-refractivity contribution is 5.97. The second kappa shape index (κ2) is 7.86. The summed E-state index contributed by atoms with van der Waals surface area (Å²) in [7, 11) is 1.38. The van der Waals surface area contributed by atoms with E-state index in [1.54, 1.807) is 0 Å². The Balaban J connectivity index is 1.40. The molecule has 150 valence electrons. The van der Waals surface area contributed by atoms with Crippen molar-refractivity contribution in [1.29, 1.82) is 0 Å². The van der Waals surface area contributed by atoms with Crippen molar-refractivity contribution in [2.45, 2.75) is 58.0 Å². The lowest BCUT2D eigenvalue weighted by Gasteiger charge is -2.55. The minimum atomic E-state index is -1.08. The summed E-state index contributed by atoms with van der Waals surface area (Å²) in [4.78, 5) is 47.4. The molecule has 0 radical (unpaired) electrons. The van der Waals surface area contributed by atoms with E-state index in [0.717, 1.165) is 19.3 Å². The van der Waals surface area contributed by atoms with Gasteiger partial charge in [0.15, 0.2) is 6.10 Å². The lowest BCUT2D eigenvalue weighted by molar-refractivity contribution is -0.154. The highest BCUT2D eigenvalue weighted by atomic mass is 16.5. The number of esters is 1. The molecule has 0 unspecified atom stereocenters. The summed E-state index contributed by atoms with van der Waals surface area (Å²) in [5.41, 5.74) is -0.237. The largest absolute Gasteiger partial charge is 0.452 e. The van der Waals surface area contributed by atoms with Crippen LogP contribution in [0, 0.1) is 23.2 Å². The van der Waals surface area contributed by atoms with Gasteiger partial charge in [0.05, 0.1) is 6.42 Å². The predicted molar refractivity (Wildman–Crippen MR) is 96.4 cm³/mol. The average molecular weight is 379 g/mol. The van der Waals surface area contributed by atoms with Gasteiger partial charge in [-0.1, -0.05) is 0 Å². The van der Waals surface area contributed by atoms with Crippen molar-refractivity contribution < 1.29 is 23.9 Å². The van der Waals surface area contributed by atoms with Crippen molar-refractivity contribution in [3.8, 4) is 0 Å². The molecule has 0 aromatic rings. The average Bonchev–Trinajstić information content (AvgIpc) is 2.60. The normalized spacial score (nSPS) is 31.7. The Kier molecular flexibility index (Phi) is 5.72. The van der Waals surface area contributed by atoms with Gasteiger partial charge in [0, 0.05) is 19.0 Å². The third-order valence-corrected chi connectivity index (χ3v) is 6.28. The van der Waals surface area contributed by atoms with Crippen LogP contribution >= 0.6 is 0 Å². The van der Waals surface area contributed by atoms with Crippen LogP contribution in [0.1, 0.15) is 51.9 Å². The molecule has 8 nitrogen and oxygen atoms in total. The molecule has 4 rings (SSSR count). The maximum Gasteiger partial charge on any atom is 0.321 e. The summed E-state index contributed by atoms with van der Waals surface area (Å²) in [6, 6.07) is -0.661. The monoisotopic (exact) mass is 379 g/mol. The summed E-state index contributed by atoms with van der Waals surface area (Å²) in [6.07, 6.45) is 5.67. The minimum absolute atomic E-state index is 0.00427. The first kappa shape index (κ1) is 19.6. The smallest absolute Gasteiger partial charge is 0.321 e. The number of hydrogen-bond donors (Lipinski definition) is 3. The van der Waals surface area contributed by atoms with Gasteiger partial charge in [0.25, 0.3) is 5.91 Å². The van der Waals surface area contributed by atoms with Crippen LogP contribution in [0.4, 0.5) is 4.79 Å². The molecule has 4 aliphatic carbocycles. The Morgan fingerprint density at radius 2 is 1.59 bits per heavy atom. The van der Waals surface area contributed by atoms with Crippen molar-refractivity contribution in [2.75, 3.05) is 13.6 Å². The first-order valence-corrected chi connectivity index (χ1v) is 9.81. The molecule has 4 bridgehead atoms. The summed E-state index contributed by atoms with van der Waals surface area (Å²) < 4.78 is 5.01. The van der Waals surface area contributed by atoms with Crippen molar-refractivity contribution in [3.63, 3.8) is 0 Å². The van der Waals surface area contributed by atoms with Gasteiger partial charge < -0.3 is 15.4 Å². The van der Waals surface area contributed by atoms with E-state index < -0.39 is 24.0 Å². The summed E-state index contributed by atoms with van der Waals surface area (Å²) >= 11 is 0. The highest BCUT2D eigenvalue weighted by Crippen LogP contribution is 2.60. The van der Waals surface area contributed by atoms with Gasteiger partial charge >= 0.3 is 12.0 Å². The van der Waals surface area contributed by atoms with E-state index in [9.17, 15) is 19.2 Å². The molecule has 4 saturated carbocycles. The molecular formula is C19H29N3O5. The number of ether oxygens (including phenoxy) is 1. The van der Waals surface area contributed by atoms with Gasteiger partial charge in [-0.05, 0) is 63.2 Å². The number of rotatable bonds is 6. The second-order valence-electron chi connectivity index (χ2n) is 8.40. The van der Waals surface area contributed by atoms with Crippen molar-refractivity contribution in [1.82, 2.24) is 16.0 Å². The van der Waals surface area contributed by atoms with Crippen LogP contribution in [-0.2, 0) is 19.1 Å². The summed E-state index contributed by atoms with van der Waals surface area (Å²) in [5, 5.41) is 7.20. The van der Waals surface area contributed by atoms with Crippen LogP contribution in [-0.4, -0.2) is 43.5 Å². The van der Waals surface area contributed by atoms with Crippen LogP contribution in [0.3, 0.4) is 0 Å². The van der Waals surface area contributed by atoms with E-state index in [-0.39, 0.29) is 24.3 Å². The maximum absolute atomic E-state index is 12.8. The van der Waals surface area contributed by atoms with Gasteiger partial charge in [-0.3, -0.25) is 19.7 Å². The molecule has 0 heterocycles. The van der Waals surface area contributed by atoms with Crippen LogP contribution in [0.15, 0.2) is 0 Å². The highest BCUT2D eigenvalue weighted by Gasteiger charge is 2.54. The minimum Gasteiger partial charge on any atom is -0.452 e. The fourth-order valence-electron chi connectivity index (χ4n) is 5.44. The molecule has 4 amide bonds. The molecule has 4 aliphatic rings. The number of carbonyl (C=O) groups excluding carboxylic acids is 4. The van der Waals surface area contributed by atoms with Gasteiger partial charge in [-0.2, -0.15) is 0 Å². The van der Waals surface area contributed by atoms with Crippen molar-refractivity contribution in [3.05, 3.63) is 0 Å². The van der Waals surface area contributed by atoms with Crippen LogP contribution in [0.25, 0.3) is 0 Å². The second-order valence-corrected chi connectivity index (χ2v) is 8.40. The van der Waals surface area contributed by atoms with Crippen molar-refractivity contribution >= 4 is 23.8 Å². The topological polar surface area (TPSA) is 114 Å². The third-order valence-electron chi connectivity index (χ3n) is 6.28. The van der Waals surface area contributed by atoms with Gasteiger partial charge in [-0.25, -0.2) is 4.79 Å². The number of hydrogen-bond acceptors (Lipinski definition) is 5. The molecule has 0 aliphatic heterocycles.